The van der Waals surface area contributed by atoms with Crippen LogP contribution in [0.1, 0.15) is 41.0 Å². The maximum atomic E-state index is 12.0. The number of hydrogen-bond donors (Lipinski definition) is 2. The van der Waals surface area contributed by atoms with E-state index in [4.69, 9.17) is 5.73 Å². The van der Waals surface area contributed by atoms with E-state index in [1.165, 1.54) is 0 Å². The summed E-state index contributed by atoms with van der Waals surface area (Å²) in [4.78, 5) is 25.1. The molecule has 0 saturated carbocycles. The first kappa shape index (κ1) is 16.9. The van der Waals surface area contributed by atoms with Crippen molar-refractivity contribution in [2.75, 3.05) is 13.1 Å². The van der Waals surface area contributed by atoms with Crippen molar-refractivity contribution >= 4 is 11.8 Å². The summed E-state index contributed by atoms with van der Waals surface area (Å²) in [6, 6.07) is -0.0658. The standard InChI is InChI=1S/C13H27N3O2/c1-6-16(8-12(17)15-10(4)5)13(18)7-11(14)9(2)3/h9-11H,6-8,14H2,1-5H3,(H,15,17). The first-order valence-corrected chi connectivity index (χ1v) is 6.60. The van der Waals surface area contributed by atoms with Crippen molar-refractivity contribution in [3.8, 4) is 0 Å². The molecule has 3 N–H and O–H groups in total. The van der Waals surface area contributed by atoms with E-state index in [1.54, 1.807) is 4.90 Å². The third kappa shape index (κ3) is 6.59. The Morgan fingerprint density at radius 1 is 1.22 bits per heavy atom. The first-order chi connectivity index (χ1) is 8.27. The van der Waals surface area contributed by atoms with Crippen molar-refractivity contribution in [2.45, 2.75) is 53.1 Å². The zero-order valence-electron chi connectivity index (χ0n) is 12.2. The van der Waals surface area contributed by atoms with Gasteiger partial charge >= 0.3 is 0 Å². The van der Waals surface area contributed by atoms with Gasteiger partial charge in [-0.25, -0.2) is 0 Å². The Morgan fingerprint density at radius 3 is 2.17 bits per heavy atom. The normalized spacial score (nSPS) is 12.7. The van der Waals surface area contributed by atoms with Crippen LogP contribution in [-0.2, 0) is 9.59 Å². The molecule has 0 aromatic heterocycles. The minimum Gasteiger partial charge on any atom is -0.352 e. The number of likely N-dealkylation sites (N-methyl/N-ethyl adjacent to an activating group) is 1. The van der Waals surface area contributed by atoms with E-state index in [1.807, 2.05) is 34.6 Å². The topological polar surface area (TPSA) is 75.4 Å². The van der Waals surface area contributed by atoms with Gasteiger partial charge < -0.3 is 16.0 Å². The van der Waals surface area contributed by atoms with Gasteiger partial charge in [-0.3, -0.25) is 9.59 Å². The molecule has 5 heteroatoms. The Bertz CT molecular complexity index is 277. The second-order valence-electron chi connectivity index (χ2n) is 5.24. The van der Waals surface area contributed by atoms with Crippen LogP contribution >= 0.6 is 0 Å². The summed E-state index contributed by atoms with van der Waals surface area (Å²) in [5, 5.41) is 2.77. The Morgan fingerprint density at radius 2 is 1.78 bits per heavy atom. The fraction of sp³-hybridized carbons (Fsp3) is 0.846. The quantitative estimate of drug-likeness (QED) is 0.706. The molecule has 0 aliphatic rings. The molecule has 0 spiro atoms. The molecule has 0 aromatic carbocycles. The van der Waals surface area contributed by atoms with E-state index in [9.17, 15) is 9.59 Å². The molecule has 2 amide bonds. The van der Waals surface area contributed by atoms with E-state index in [0.717, 1.165) is 0 Å². The fourth-order valence-electron chi connectivity index (χ4n) is 1.48. The van der Waals surface area contributed by atoms with Crippen molar-refractivity contribution in [1.29, 1.82) is 0 Å². The lowest BCUT2D eigenvalue weighted by molar-refractivity contribution is -0.136. The molecular weight excluding hydrogens is 230 g/mol. The van der Waals surface area contributed by atoms with E-state index in [0.29, 0.717) is 13.0 Å². The van der Waals surface area contributed by atoms with E-state index >= 15 is 0 Å². The molecule has 5 nitrogen and oxygen atoms in total. The van der Waals surface area contributed by atoms with Crippen molar-refractivity contribution in [3.05, 3.63) is 0 Å². The average Bonchev–Trinajstić information content (AvgIpc) is 2.24. The monoisotopic (exact) mass is 257 g/mol. The summed E-state index contributed by atoms with van der Waals surface area (Å²) in [7, 11) is 0. The van der Waals surface area contributed by atoms with Gasteiger partial charge in [0.1, 0.15) is 0 Å². The molecule has 106 valence electrons. The summed E-state index contributed by atoms with van der Waals surface area (Å²) < 4.78 is 0. The Kier molecular flexibility index (Phi) is 7.59. The van der Waals surface area contributed by atoms with Gasteiger partial charge in [0.25, 0.3) is 0 Å². The van der Waals surface area contributed by atoms with Crippen molar-refractivity contribution in [2.24, 2.45) is 11.7 Å². The van der Waals surface area contributed by atoms with Crippen molar-refractivity contribution in [1.82, 2.24) is 10.2 Å². The molecule has 1 atom stereocenters. The van der Waals surface area contributed by atoms with Gasteiger partial charge in [-0.1, -0.05) is 13.8 Å². The van der Waals surface area contributed by atoms with E-state index in [-0.39, 0.29) is 36.4 Å². The molecule has 0 aromatic rings. The molecule has 0 rings (SSSR count). The zero-order valence-corrected chi connectivity index (χ0v) is 12.2. The lowest BCUT2D eigenvalue weighted by atomic mass is 10.0. The molecule has 0 heterocycles. The number of nitrogens with one attached hydrogen (secondary N) is 1. The number of carbonyl (C=O) groups is 2. The molecule has 0 saturated heterocycles. The van der Waals surface area contributed by atoms with Gasteiger partial charge in [-0.05, 0) is 26.7 Å². The first-order valence-electron chi connectivity index (χ1n) is 6.60. The van der Waals surface area contributed by atoms with Crippen LogP contribution in [0.4, 0.5) is 0 Å². The molecule has 0 aliphatic carbocycles. The lowest BCUT2D eigenvalue weighted by Gasteiger charge is -2.24. The molecule has 18 heavy (non-hydrogen) atoms. The summed E-state index contributed by atoms with van der Waals surface area (Å²) in [6.45, 7) is 10.3. The van der Waals surface area contributed by atoms with Crippen LogP contribution in [0, 0.1) is 5.92 Å². The van der Waals surface area contributed by atoms with Crippen LogP contribution in [0.5, 0.6) is 0 Å². The number of nitrogens with two attached hydrogens (primary N) is 1. The molecular formula is C13H27N3O2. The van der Waals surface area contributed by atoms with E-state index < -0.39 is 0 Å². The maximum absolute atomic E-state index is 12.0. The molecule has 0 aliphatic heterocycles. The highest BCUT2D eigenvalue weighted by Crippen LogP contribution is 2.05. The number of nitrogens with zero attached hydrogens (tertiary/aromatic N) is 1. The highest BCUT2D eigenvalue weighted by molar-refractivity contribution is 5.85. The number of carbonyl (C=O) groups excluding carboxylic acids is 2. The van der Waals surface area contributed by atoms with Crippen LogP contribution in [-0.4, -0.2) is 41.9 Å². The lowest BCUT2D eigenvalue weighted by Crippen LogP contribution is -2.44. The average molecular weight is 257 g/mol. The van der Waals surface area contributed by atoms with Gasteiger partial charge in [-0.15, -0.1) is 0 Å². The van der Waals surface area contributed by atoms with Crippen LogP contribution in [0.25, 0.3) is 0 Å². The summed E-state index contributed by atoms with van der Waals surface area (Å²) in [5.41, 5.74) is 5.87. The predicted molar refractivity (Wildman–Crippen MR) is 73.0 cm³/mol. The third-order valence-corrected chi connectivity index (χ3v) is 2.79. The largest absolute Gasteiger partial charge is 0.352 e. The summed E-state index contributed by atoms with van der Waals surface area (Å²) in [6.07, 6.45) is 0.292. The number of rotatable bonds is 7. The summed E-state index contributed by atoms with van der Waals surface area (Å²) >= 11 is 0. The predicted octanol–water partition coefficient (Wildman–Crippen LogP) is 0.733. The Labute approximate surface area is 110 Å². The highest BCUT2D eigenvalue weighted by atomic mass is 16.2. The molecule has 0 radical (unpaired) electrons. The molecule has 0 fully saturated rings. The Hall–Kier alpha value is -1.10. The smallest absolute Gasteiger partial charge is 0.239 e. The van der Waals surface area contributed by atoms with E-state index in [2.05, 4.69) is 5.32 Å². The van der Waals surface area contributed by atoms with Crippen molar-refractivity contribution in [3.63, 3.8) is 0 Å². The van der Waals surface area contributed by atoms with Gasteiger partial charge in [-0.2, -0.15) is 0 Å². The maximum Gasteiger partial charge on any atom is 0.239 e. The van der Waals surface area contributed by atoms with Crippen LogP contribution < -0.4 is 11.1 Å². The van der Waals surface area contributed by atoms with Crippen LogP contribution in [0.15, 0.2) is 0 Å². The second kappa shape index (κ2) is 8.08. The summed E-state index contributed by atoms with van der Waals surface area (Å²) in [5.74, 6) is 0.0769. The fourth-order valence-corrected chi connectivity index (χ4v) is 1.48. The highest BCUT2D eigenvalue weighted by Gasteiger charge is 2.19. The van der Waals surface area contributed by atoms with Crippen molar-refractivity contribution < 1.29 is 9.59 Å². The molecule has 0 bridgehead atoms. The van der Waals surface area contributed by atoms with Crippen LogP contribution in [0.3, 0.4) is 0 Å². The second-order valence-corrected chi connectivity index (χ2v) is 5.24. The van der Waals surface area contributed by atoms with Gasteiger partial charge in [0.15, 0.2) is 0 Å². The minimum atomic E-state index is -0.153. The SMILES string of the molecule is CCN(CC(=O)NC(C)C)C(=O)CC(N)C(C)C. The minimum absolute atomic E-state index is 0.0578. The number of amides is 2. The molecule has 1 unspecified atom stereocenters. The van der Waals surface area contributed by atoms with Gasteiger partial charge in [0, 0.05) is 25.0 Å². The zero-order chi connectivity index (χ0) is 14.3. The van der Waals surface area contributed by atoms with Crippen LogP contribution in [0.2, 0.25) is 0 Å². The third-order valence-electron chi connectivity index (χ3n) is 2.79. The van der Waals surface area contributed by atoms with Gasteiger partial charge in [0.05, 0.1) is 6.54 Å². The Balaban J connectivity index is 4.32. The number of hydrogen-bond acceptors (Lipinski definition) is 3. The van der Waals surface area contributed by atoms with Gasteiger partial charge in [0.2, 0.25) is 11.8 Å².